The molecule has 1 heterocycles. The highest BCUT2D eigenvalue weighted by Gasteiger charge is 2.28. The van der Waals surface area contributed by atoms with Crippen molar-refractivity contribution in [2.75, 3.05) is 19.1 Å². The Morgan fingerprint density at radius 3 is 2.08 bits per heavy atom. The maximum absolute atomic E-state index is 9.60. The van der Waals surface area contributed by atoms with Crippen molar-refractivity contribution in [3.63, 3.8) is 0 Å². The summed E-state index contributed by atoms with van der Waals surface area (Å²) in [6, 6.07) is 0. The van der Waals surface area contributed by atoms with Crippen molar-refractivity contribution in [3.05, 3.63) is 15.5 Å². The fourth-order valence-corrected chi connectivity index (χ4v) is 3.01. The van der Waals surface area contributed by atoms with Crippen molar-refractivity contribution in [1.82, 2.24) is 9.78 Å². The zero-order chi connectivity index (χ0) is 20.8. The molecule has 0 aliphatic carbocycles. The number of aryl methyl sites for hydroxylation is 1. The zero-order valence-corrected chi connectivity index (χ0v) is 21.2. The highest BCUT2D eigenvalue weighted by Crippen LogP contribution is 2.53. The first-order chi connectivity index (χ1) is 11.6. The molecule has 0 aliphatic heterocycles. The van der Waals surface area contributed by atoms with E-state index in [0.717, 1.165) is 14.3 Å². The summed E-state index contributed by atoms with van der Waals surface area (Å²) in [5, 5.41) is 4.32. The lowest BCUT2D eigenvalue weighted by atomic mass is 10.2. The maximum Gasteiger partial charge on any atom is 0.293 e. The number of hydrogen-bond donors (Lipinski definition) is 1. The molecule has 0 saturated heterocycles. The summed E-state index contributed by atoms with van der Waals surface area (Å²) in [5.74, 6) is 0. The van der Waals surface area contributed by atoms with Gasteiger partial charge in [-0.3, -0.25) is 9.48 Å². The van der Waals surface area contributed by atoms with Crippen LogP contribution in [0.4, 0.5) is 0 Å². The number of ether oxygens (including phenoxy) is 1. The van der Waals surface area contributed by atoms with E-state index in [1.54, 1.807) is 0 Å². The number of carbonyl (C=O) groups excluding carboxylic acids is 1. The second-order valence-electron chi connectivity index (χ2n) is 8.01. The quantitative estimate of drug-likeness (QED) is 0.337. The van der Waals surface area contributed by atoms with E-state index in [-0.39, 0.29) is 10.3 Å². The minimum absolute atomic E-state index is 0.192. The van der Waals surface area contributed by atoms with Crippen molar-refractivity contribution in [2.45, 2.75) is 56.8 Å². The lowest BCUT2D eigenvalue weighted by molar-refractivity contribution is -0.138. The van der Waals surface area contributed by atoms with E-state index in [4.69, 9.17) is 4.18 Å². The van der Waals surface area contributed by atoms with Crippen molar-refractivity contribution >= 4 is 58.1 Å². The molecule has 0 radical (unpaired) electrons. The van der Waals surface area contributed by atoms with Crippen molar-refractivity contribution in [1.29, 1.82) is 0 Å². The number of halogens is 1. The Bertz CT molecular complexity index is 615. The van der Waals surface area contributed by atoms with Gasteiger partial charge in [0.15, 0.2) is 0 Å². The summed E-state index contributed by atoms with van der Waals surface area (Å²) in [7, 11) is 0.862. The zero-order valence-electron chi connectivity index (χ0n) is 17.3. The molecule has 0 fully saturated rings. The van der Waals surface area contributed by atoms with Crippen molar-refractivity contribution in [3.8, 4) is 0 Å². The fourth-order valence-electron chi connectivity index (χ4n) is 1.37. The van der Waals surface area contributed by atoms with E-state index >= 15 is 0 Å². The van der Waals surface area contributed by atoms with Crippen LogP contribution in [0.5, 0.6) is 0 Å². The van der Waals surface area contributed by atoms with Crippen LogP contribution in [-0.2, 0) is 20.8 Å². The average molecular weight is 517 g/mol. The smallest absolute Gasteiger partial charge is 0.293 e. The first kappa shape index (κ1) is 25.8. The molecule has 1 rings (SSSR count). The van der Waals surface area contributed by atoms with Gasteiger partial charge in [-0.05, 0) is 61.9 Å². The molecule has 0 aromatic carbocycles. The Balaban J connectivity index is 0.000000758. The van der Waals surface area contributed by atoms with Gasteiger partial charge in [-0.15, -0.1) is 22.9 Å². The van der Waals surface area contributed by atoms with E-state index in [2.05, 4.69) is 78.3 Å². The molecule has 0 bridgehead atoms. The SMILES string of the molecule is CC(C)(C)OC=O.Cn1nc(I)c(S)c1/C=C/COS(C)(C)C(C)(C)C. The number of carbonyl (C=O) groups is 1. The molecule has 0 N–H and O–H groups in total. The van der Waals surface area contributed by atoms with Gasteiger partial charge < -0.3 is 8.92 Å². The molecule has 152 valence electrons. The van der Waals surface area contributed by atoms with E-state index in [9.17, 15) is 4.79 Å². The number of nitrogens with zero attached hydrogens (tertiary/aromatic N) is 2. The Morgan fingerprint density at radius 2 is 1.77 bits per heavy atom. The molecule has 5 nitrogen and oxygen atoms in total. The largest absolute Gasteiger partial charge is 0.462 e. The molecule has 0 atom stereocenters. The van der Waals surface area contributed by atoms with Crippen LogP contribution in [0.15, 0.2) is 11.0 Å². The van der Waals surface area contributed by atoms with Crippen LogP contribution in [-0.4, -0.2) is 45.7 Å². The Hall–Kier alpha value is -0.190. The van der Waals surface area contributed by atoms with Gasteiger partial charge >= 0.3 is 0 Å². The highest BCUT2D eigenvalue weighted by atomic mass is 127. The van der Waals surface area contributed by atoms with E-state index < -0.39 is 10.3 Å². The number of rotatable bonds is 5. The van der Waals surface area contributed by atoms with Crippen LogP contribution in [0.2, 0.25) is 0 Å². The van der Waals surface area contributed by atoms with Gasteiger partial charge in [0, 0.05) is 11.8 Å². The number of aromatic nitrogens is 2. The molecule has 8 heteroatoms. The van der Waals surface area contributed by atoms with Crippen molar-refractivity contribution in [2.24, 2.45) is 7.05 Å². The first-order valence-corrected chi connectivity index (χ1v) is 12.1. The van der Waals surface area contributed by atoms with Gasteiger partial charge in [0.05, 0.1) is 17.2 Å². The van der Waals surface area contributed by atoms with Gasteiger partial charge in [0.2, 0.25) is 0 Å². The first-order valence-electron chi connectivity index (χ1n) is 8.19. The molecule has 0 unspecified atom stereocenters. The summed E-state index contributed by atoms with van der Waals surface area (Å²) < 4.78 is 13.5. The monoisotopic (exact) mass is 516 g/mol. The third-order valence-electron chi connectivity index (χ3n) is 3.64. The Kier molecular flexibility index (Phi) is 10.3. The van der Waals surface area contributed by atoms with Crippen LogP contribution in [0.25, 0.3) is 6.08 Å². The molecule has 0 spiro atoms. The predicted molar refractivity (Wildman–Crippen MR) is 124 cm³/mol. The molecule has 26 heavy (non-hydrogen) atoms. The van der Waals surface area contributed by atoms with E-state index in [1.807, 2.05) is 44.7 Å². The molecule has 0 saturated carbocycles. The number of thiol groups is 1. The maximum atomic E-state index is 9.60. The van der Waals surface area contributed by atoms with Crippen molar-refractivity contribution < 1.29 is 13.7 Å². The lowest BCUT2D eigenvalue weighted by Crippen LogP contribution is -2.25. The fraction of sp³-hybridized carbons (Fsp3) is 0.667. The minimum Gasteiger partial charge on any atom is -0.462 e. The van der Waals surface area contributed by atoms with Crippen LogP contribution < -0.4 is 0 Å². The van der Waals surface area contributed by atoms with Gasteiger partial charge in [-0.2, -0.15) is 5.10 Å². The predicted octanol–water partition coefficient (Wildman–Crippen LogP) is 5.08. The van der Waals surface area contributed by atoms with Gasteiger partial charge in [0.1, 0.15) is 9.30 Å². The normalized spacial score (nSPS) is 13.3. The number of hydrogen-bond acceptors (Lipinski definition) is 5. The summed E-state index contributed by atoms with van der Waals surface area (Å²) in [5.41, 5.74) is 0.696. The summed E-state index contributed by atoms with van der Waals surface area (Å²) in [6.07, 6.45) is 8.47. The van der Waals surface area contributed by atoms with Gasteiger partial charge in [-0.25, -0.2) is 0 Å². The highest BCUT2D eigenvalue weighted by molar-refractivity contribution is 14.1. The van der Waals surface area contributed by atoms with Crippen LogP contribution in [0.1, 0.15) is 47.2 Å². The van der Waals surface area contributed by atoms with E-state index in [0.29, 0.717) is 13.1 Å². The molecule has 0 amide bonds. The third-order valence-corrected chi connectivity index (χ3v) is 8.93. The van der Waals surface area contributed by atoms with Gasteiger partial charge in [-0.1, -0.05) is 26.8 Å². The topological polar surface area (TPSA) is 53.4 Å². The standard InChI is InChI=1S/C13H23IN2OS2.C5H10O2/c1-13(2,3)19(5,6)17-9-7-8-10-11(18)12(14)15-16(10)4;1-5(2,3)7-4-6/h7-8,18H,9H2,1-6H3;4H,1-3H3/b8-7+;. The summed E-state index contributed by atoms with van der Waals surface area (Å²) in [6.45, 7) is 13.2. The molecular formula is C18H33IN2O3S2. The Labute approximate surface area is 179 Å². The van der Waals surface area contributed by atoms with E-state index in [1.165, 1.54) is 0 Å². The molecule has 0 aliphatic rings. The molecule has 1 aromatic rings. The molecule has 1 aromatic heterocycles. The third kappa shape index (κ3) is 9.14. The van der Waals surface area contributed by atoms with Gasteiger partial charge in [0.25, 0.3) is 6.47 Å². The second kappa shape index (κ2) is 10.4. The summed E-state index contributed by atoms with van der Waals surface area (Å²) >= 11 is 6.65. The summed E-state index contributed by atoms with van der Waals surface area (Å²) in [4.78, 5) is 10.5. The van der Waals surface area contributed by atoms with Crippen LogP contribution in [0, 0.1) is 3.70 Å². The lowest BCUT2D eigenvalue weighted by Gasteiger charge is -2.43. The average Bonchev–Trinajstić information content (AvgIpc) is 2.67. The van der Waals surface area contributed by atoms with Crippen LogP contribution >= 0.6 is 45.5 Å². The minimum atomic E-state index is -1.06. The Morgan fingerprint density at radius 1 is 1.23 bits per heavy atom. The van der Waals surface area contributed by atoms with Crippen LogP contribution in [0.3, 0.4) is 0 Å². The second-order valence-corrected chi connectivity index (χ2v) is 13.4. The molecular weight excluding hydrogens is 483 g/mol.